The zero-order chi connectivity index (χ0) is 28.8. The maximum Gasteiger partial charge on any atom is 0.306 e. The molecule has 1 atom stereocenters. The van der Waals surface area contributed by atoms with E-state index < -0.39 is 11.9 Å². The highest BCUT2D eigenvalue weighted by Gasteiger charge is 2.19. The second-order valence-electron chi connectivity index (χ2n) is 10.2. The van der Waals surface area contributed by atoms with Crippen LogP contribution in [0.1, 0.15) is 47.2 Å². The highest BCUT2D eigenvalue weighted by atomic mass is 19.1. The molecule has 0 saturated heterocycles. The number of rotatable bonds is 12. The fourth-order valence-electron chi connectivity index (χ4n) is 5.01. The van der Waals surface area contributed by atoms with Crippen molar-refractivity contribution in [2.75, 3.05) is 5.32 Å². The van der Waals surface area contributed by atoms with Gasteiger partial charge in [-0.1, -0.05) is 54.6 Å². The van der Waals surface area contributed by atoms with Crippen LogP contribution >= 0.6 is 0 Å². The fourth-order valence-corrected chi connectivity index (χ4v) is 5.01. The van der Waals surface area contributed by atoms with E-state index in [1.165, 1.54) is 17.7 Å². The number of anilines is 2. The predicted octanol–water partition coefficient (Wildman–Crippen LogP) is 8.37. The van der Waals surface area contributed by atoms with E-state index in [1.54, 1.807) is 12.1 Å². The number of carboxylic acids is 1. The highest BCUT2D eigenvalue weighted by Crippen LogP contribution is 2.28. The Morgan fingerprint density at radius 3 is 2.46 bits per heavy atom. The fraction of sp³-hybridized carbons (Fsp3) is 0.206. The molecule has 41 heavy (non-hydrogen) atoms. The number of aryl methyl sites for hydroxylation is 2. The van der Waals surface area contributed by atoms with E-state index in [9.17, 15) is 19.1 Å². The Kier molecular flexibility index (Phi) is 8.53. The molecule has 0 saturated carbocycles. The third kappa shape index (κ3) is 7.06. The maximum atomic E-state index is 13.4. The van der Waals surface area contributed by atoms with Crippen LogP contribution in [-0.4, -0.2) is 21.8 Å². The molecule has 0 aliphatic rings. The largest absolute Gasteiger partial charge is 0.481 e. The normalized spacial score (nSPS) is 11.9. The van der Waals surface area contributed by atoms with Crippen LogP contribution in [0.5, 0.6) is 0 Å². The Hall–Kier alpha value is -4.78. The number of aromatic nitrogens is 1. The van der Waals surface area contributed by atoms with Gasteiger partial charge in [0.05, 0.1) is 5.92 Å². The second kappa shape index (κ2) is 12.6. The van der Waals surface area contributed by atoms with Gasteiger partial charge in [-0.2, -0.15) is 4.98 Å². The van der Waals surface area contributed by atoms with E-state index >= 15 is 0 Å². The van der Waals surface area contributed by atoms with Crippen LogP contribution in [0, 0.1) is 18.7 Å². The van der Waals surface area contributed by atoms with Gasteiger partial charge in [0.1, 0.15) is 11.3 Å². The summed E-state index contributed by atoms with van der Waals surface area (Å²) in [4.78, 5) is 29.0. The van der Waals surface area contributed by atoms with E-state index in [4.69, 9.17) is 4.42 Å². The molecule has 1 unspecified atom stereocenters. The van der Waals surface area contributed by atoms with Crippen LogP contribution in [0.3, 0.4) is 0 Å². The summed E-state index contributed by atoms with van der Waals surface area (Å²) in [7, 11) is 0. The third-order valence-corrected chi connectivity index (χ3v) is 7.28. The quantitative estimate of drug-likeness (QED) is 0.152. The summed E-state index contributed by atoms with van der Waals surface area (Å²) in [6.07, 6.45) is 2.67. The lowest BCUT2D eigenvalue weighted by Crippen LogP contribution is -2.16. The maximum absolute atomic E-state index is 13.4. The Morgan fingerprint density at radius 1 is 0.951 bits per heavy atom. The number of fused-ring (bicyclic) bond motifs is 1. The summed E-state index contributed by atoms with van der Waals surface area (Å²) >= 11 is 0. The molecule has 6 nitrogen and oxygen atoms in total. The molecule has 2 N–H and O–H groups in total. The van der Waals surface area contributed by atoms with E-state index in [0.29, 0.717) is 29.5 Å². The number of ketones is 1. The first kappa shape index (κ1) is 27.8. The van der Waals surface area contributed by atoms with Crippen LogP contribution in [0.4, 0.5) is 16.1 Å². The molecular formula is C34H31FN2O4. The Bertz CT molecular complexity index is 1660. The van der Waals surface area contributed by atoms with Gasteiger partial charge in [-0.3, -0.25) is 9.59 Å². The summed E-state index contributed by atoms with van der Waals surface area (Å²) in [5.74, 6) is -1.80. The lowest BCUT2D eigenvalue weighted by atomic mass is 9.92. The minimum Gasteiger partial charge on any atom is -0.481 e. The highest BCUT2D eigenvalue weighted by molar-refractivity contribution is 5.97. The molecule has 1 heterocycles. The van der Waals surface area contributed by atoms with Gasteiger partial charge in [0.15, 0.2) is 11.4 Å². The molecule has 0 fully saturated rings. The lowest BCUT2D eigenvalue weighted by Gasteiger charge is -2.13. The first-order valence-corrected chi connectivity index (χ1v) is 13.7. The zero-order valence-electron chi connectivity index (χ0n) is 22.8. The SMILES string of the molecule is Cc1cc(C(=O)CCC(CCCc2ccccc2)C(=O)O)ccc1-c1ccc(Nc2nc3cc(F)ccc3o2)cc1. The number of carbonyl (C=O) groups is 2. The molecule has 7 heteroatoms. The molecule has 5 aromatic rings. The summed E-state index contributed by atoms with van der Waals surface area (Å²) in [5, 5.41) is 12.8. The van der Waals surface area contributed by atoms with Crippen molar-refractivity contribution in [2.24, 2.45) is 5.92 Å². The summed E-state index contributed by atoms with van der Waals surface area (Å²) in [6, 6.07) is 27.8. The number of hydrogen-bond acceptors (Lipinski definition) is 5. The van der Waals surface area contributed by atoms with E-state index in [2.05, 4.69) is 10.3 Å². The number of carboxylic acid groups (broad SMARTS) is 1. The van der Waals surface area contributed by atoms with Crippen molar-refractivity contribution >= 4 is 34.6 Å². The molecular weight excluding hydrogens is 519 g/mol. The van der Waals surface area contributed by atoms with Crippen LogP contribution < -0.4 is 5.32 Å². The van der Waals surface area contributed by atoms with Crippen LogP contribution in [0.25, 0.3) is 22.2 Å². The van der Waals surface area contributed by atoms with Crippen molar-refractivity contribution in [3.8, 4) is 11.1 Å². The number of nitrogens with zero attached hydrogens (tertiary/aromatic N) is 1. The third-order valence-electron chi connectivity index (χ3n) is 7.28. The van der Waals surface area contributed by atoms with E-state index in [1.807, 2.05) is 73.7 Å². The van der Waals surface area contributed by atoms with Crippen molar-refractivity contribution in [1.29, 1.82) is 0 Å². The number of nitrogens with one attached hydrogen (secondary N) is 1. The van der Waals surface area contributed by atoms with E-state index in [0.717, 1.165) is 35.2 Å². The molecule has 0 aliphatic heterocycles. The van der Waals surface area contributed by atoms with Gasteiger partial charge < -0.3 is 14.8 Å². The number of benzene rings is 4. The molecule has 0 spiro atoms. The van der Waals surface area contributed by atoms with Gasteiger partial charge in [-0.05, 0) is 85.2 Å². The van der Waals surface area contributed by atoms with Crippen molar-refractivity contribution in [3.05, 3.63) is 114 Å². The molecule has 5 rings (SSSR count). The van der Waals surface area contributed by atoms with Crippen molar-refractivity contribution in [3.63, 3.8) is 0 Å². The van der Waals surface area contributed by atoms with E-state index in [-0.39, 0.29) is 24.0 Å². The summed E-state index contributed by atoms with van der Waals surface area (Å²) in [5.41, 5.74) is 6.41. The average molecular weight is 551 g/mol. The molecule has 208 valence electrons. The number of Topliss-reactive ketones (excluding diaryl/α,β-unsaturated/α-hetero) is 1. The van der Waals surface area contributed by atoms with Gasteiger partial charge in [-0.25, -0.2) is 4.39 Å². The topological polar surface area (TPSA) is 92.4 Å². The number of halogens is 1. The molecule has 0 bridgehead atoms. The first-order chi connectivity index (χ1) is 19.9. The second-order valence-corrected chi connectivity index (χ2v) is 10.2. The van der Waals surface area contributed by atoms with Crippen LogP contribution in [0.15, 0.2) is 95.4 Å². The van der Waals surface area contributed by atoms with Crippen LogP contribution in [0.2, 0.25) is 0 Å². The molecule has 1 aromatic heterocycles. The summed E-state index contributed by atoms with van der Waals surface area (Å²) < 4.78 is 19.1. The predicted molar refractivity (Wildman–Crippen MR) is 158 cm³/mol. The van der Waals surface area contributed by atoms with Gasteiger partial charge >= 0.3 is 5.97 Å². The lowest BCUT2D eigenvalue weighted by molar-refractivity contribution is -0.142. The first-order valence-electron chi connectivity index (χ1n) is 13.7. The smallest absolute Gasteiger partial charge is 0.306 e. The average Bonchev–Trinajstić information content (AvgIpc) is 3.36. The van der Waals surface area contributed by atoms with Crippen LogP contribution in [-0.2, 0) is 11.2 Å². The summed E-state index contributed by atoms with van der Waals surface area (Å²) in [6.45, 7) is 1.96. The number of aliphatic carboxylic acids is 1. The van der Waals surface area contributed by atoms with Gasteiger partial charge in [0, 0.05) is 23.7 Å². The molecule has 0 aliphatic carbocycles. The van der Waals surface area contributed by atoms with Crippen molar-refractivity contribution in [1.82, 2.24) is 4.98 Å². The molecule has 4 aromatic carbocycles. The minimum absolute atomic E-state index is 0.0493. The minimum atomic E-state index is -0.847. The van der Waals surface area contributed by atoms with Gasteiger partial charge in [0.25, 0.3) is 6.01 Å². The molecule has 0 radical (unpaired) electrons. The number of oxazole rings is 1. The Labute approximate surface area is 237 Å². The monoisotopic (exact) mass is 550 g/mol. The standard InChI is InChI=1S/C34H31FN2O4/c1-22-20-26(31(38)18-13-25(33(39)40)9-5-8-23-6-3-2-4-7-23)12-17-29(22)24-10-15-28(16-11-24)36-34-37-30-21-27(35)14-19-32(30)41-34/h2-4,6-7,10-12,14-17,19-21,25H,5,8-9,13,18H2,1H3,(H,36,37)(H,39,40). The van der Waals surface area contributed by atoms with Gasteiger partial charge in [-0.15, -0.1) is 0 Å². The number of hydrogen-bond donors (Lipinski definition) is 2. The van der Waals surface area contributed by atoms with Gasteiger partial charge in [0.2, 0.25) is 0 Å². The van der Waals surface area contributed by atoms with Crippen molar-refractivity contribution < 1.29 is 23.5 Å². The Balaban J connectivity index is 1.17. The Morgan fingerprint density at radius 2 is 1.73 bits per heavy atom. The number of carbonyl (C=O) groups excluding carboxylic acids is 1. The molecule has 0 amide bonds. The van der Waals surface area contributed by atoms with Crippen molar-refractivity contribution in [2.45, 2.75) is 39.0 Å². The zero-order valence-corrected chi connectivity index (χ0v) is 22.8.